The quantitative estimate of drug-likeness (QED) is 0.789. The summed E-state index contributed by atoms with van der Waals surface area (Å²) in [6, 6.07) is 0. The van der Waals surface area contributed by atoms with Crippen molar-refractivity contribution < 1.29 is 14.6 Å². The van der Waals surface area contributed by atoms with E-state index in [0.29, 0.717) is 5.03 Å². The van der Waals surface area contributed by atoms with Crippen molar-refractivity contribution in [2.24, 2.45) is 0 Å². The Morgan fingerprint density at radius 1 is 1.71 bits per heavy atom. The van der Waals surface area contributed by atoms with E-state index in [2.05, 4.69) is 0 Å². The fourth-order valence-corrected chi connectivity index (χ4v) is 1.65. The Morgan fingerprint density at radius 2 is 2.36 bits per heavy atom. The maximum Gasteiger partial charge on any atom is 0.329 e. The molecule has 1 N–H and O–H groups in total. The van der Waals surface area contributed by atoms with Crippen LogP contribution in [0.1, 0.15) is 0 Å². The van der Waals surface area contributed by atoms with Crippen molar-refractivity contribution in [2.45, 2.75) is 10.4 Å². The van der Waals surface area contributed by atoms with Crippen LogP contribution in [-0.2, 0) is 9.53 Å². The second-order valence-corrected chi connectivity index (χ2v) is 4.17. The topological polar surface area (TPSA) is 46.5 Å². The molecule has 78 valence electrons. The molecular formula is C8H7Cl3O3. The highest BCUT2D eigenvalue weighted by Crippen LogP contribution is 2.34. The molecular weight excluding hydrogens is 250 g/mol. The molecule has 0 heterocycles. The highest BCUT2D eigenvalue weighted by atomic mass is 35.5. The molecule has 3 nitrogen and oxygen atoms in total. The molecule has 0 fully saturated rings. The minimum absolute atomic E-state index is 0.363. The molecule has 0 spiro atoms. The van der Waals surface area contributed by atoms with Crippen LogP contribution >= 0.6 is 34.8 Å². The van der Waals surface area contributed by atoms with E-state index in [9.17, 15) is 4.79 Å². The first kappa shape index (κ1) is 11.9. The van der Waals surface area contributed by atoms with Crippen LogP contribution in [0.15, 0.2) is 23.3 Å². The maximum atomic E-state index is 10.3. The highest BCUT2D eigenvalue weighted by molar-refractivity contribution is 6.37. The van der Waals surface area contributed by atoms with Crippen LogP contribution in [0.5, 0.6) is 0 Å². The second kappa shape index (κ2) is 4.53. The lowest BCUT2D eigenvalue weighted by atomic mass is 10.1. The molecule has 0 aromatic rings. The van der Waals surface area contributed by atoms with E-state index in [0.717, 1.165) is 0 Å². The fourth-order valence-electron chi connectivity index (χ4n) is 0.917. The van der Waals surface area contributed by atoms with Crippen LogP contribution in [-0.4, -0.2) is 28.1 Å². The average molecular weight is 258 g/mol. The van der Waals surface area contributed by atoms with Gasteiger partial charge in [-0.2, -0.15) is 0 Å². The molecule has 0 saturated heterocycles. The van der Waals surface area contributed by atoms with Crippen LogP contribution in [0.25, 0.3) is 0 Å². The summed E-state index contributed by atoms with van der Waals surface area (Å²) in [5.74, 6) is -1.12. The molecule has 1 rings (SSSR count). The Balaban J connectivity index is 2.72. The molecule has 2 atom stereocenters. The number of carbonyl (C=O) groups is 1. The first-order chi connectivity index (χ1) is 6.44. The minimum atomic E-state index is -1.38. The van der Waals surface area contributed by atoms with Crippen molar-refractivity contribution in [1.29, 1.82) is 0 Å². The zero-order chi connectivity index (χ0) is 10.8. The SMILES string of the molecule is O=C(O)COC1(Cl)C=C(Cl)C=CC1Cl. The summed E-state index contributed by atoms with van der Waals surface area (Å²) in [6.07, 6.45) is 4.49. The lowest BCUT2D eigenvalue weighted by Crippen LogP contribution is -2.36. The molecule has 2 unspecified atom stereocenters. The van der Waals surface area contributed by atoms with Gasteiger partial charge in [-0.3, -0.25) is 0 Å². The van der Waals surface area contributed by atoms with Gasteiger partial charge in [0.25, 0.3) is 0 Å². The van der Waals surface area contributed by atoms with Gasteiger partial charge in [-0.25, -0.2) is 4.79 Å². The lowest BCUT2D eigenvalue weighted by Gasteiger charge is -2.28. The molecule has 1 aliphatic rings. The van der Waals surface area contributed by atoms with Gasteiger partial charge in [0.2, 0.25) is 0 Å². The van der Waals surface area contributed by atoms with Gasteiger partial charge < -0.3 is 9.84 Å². The van der Waals surface area contributed by atoms with Crippen molar-refractivity contribution in [3.8, 4) is 0 Å². The highest BCUT2D eigenvalue weighted by Gasteiger charge is 2.36. The standard InChI is InChI=1S/C8H7Cl3O3/c9-5-1-2-6(10)8(11,3-5)14-4-7(12)13/h1-3,6H,4H2,(H,12,13). The summed E-state index contributed by atoms with van der Waals surface area (Å²) in [5, 5.41) is 6.75. The smallest absolute Gasteiger partial charge is 0.329 e. The van der Waals surface area contributed by atoms with Crippen molar-refractivity contribution in [2.75, 3.05) is 6.61 Å². The van der Waals surface area contributed by atoms with Crippen molar-refractivity contribution in [3.05, 3.63) is 23.3 Å². The zero-order valence-corrected chi connectivity index (χ0v) is 9.18. The van der Waals surface area contributed by atoms with E-state index in [1.807, 2.05) is 0 Å². The summed E-state index contributed by atoms with van der Waals surface area (Å²) in [5.41, 5.74) is 0. The summed E-state index contributed by atoms with van der Waals surface area (Å²) in [4.78, 5) is 10.3. The summed E-state index contributed by atoms with van der Waals surface area (Å²) in [7, 11) is 0. The van der Waals surface area contributed by atoms with Gasteiger partial charge >= 0.3 is 5.97 Å². The third-order valence-electron chi connectivity index (χ3n) is 1.55. The van der Waals surface area contributed by atoms with Gasteiger partial charge in [0.15, 0.2) is 5.06 Å². The van der Waals surface area contributed by atoms with Gasteiger partial charge in [0.05, 0.1) is 5.38 Å². The van der Waals surface area contributed by atoms with Crippen LogP contribution in [0.2, 0.25) is 0 Å². The van der Waals surface area contributed by atoms with Gasteiger partial charge in [0, 0.05) is 5.03 Å². The molecule has 0 amide bonds. The number of carboxylic acids is 1. The van der Waals surface area contributed by atoms with Crippen molar-refractivity contribution >= 4 is 40.8 Å². The molecule has 0 aromatic heterocycles. The van der Waals surface area contributed by atoms with Gasteiger partial charge in [-0.05, 0) is 12.2 Å². The Hall–Kier alpha value is -0.220. The van der Waals surface area contributed by atoms with Gasteiger partial charge in [0.1, 0.15) is 6.61 Å². The van der Waals surface area contributed by atoms with E-state index < -0.39 is 23.0 Å². The lowest BCUT2D eigenvalue weighted by molar-refractivity contribution is -0.144. The molecule has 1 aliphatic carbocycles. The number of carboxylic acid groups (broad SMARTS) is 1. The summed E-state index contributed by atoms with van der Waals surface area (Å²) in [6.45, 7) is -0.527. The average Bonchev–Trinajstić information content (AvgIpc) is 2.09. The minimum Gasteiger partial charge on any atom is -0.480 e. The number of aliphatic carboxylic acids is 1. The summed E-state index contributed by atoms with van der Waals surface area (Å²) >= 11 is 17.5. The maximum absolute atomic E-state index is 10.3. The Labute approximate surface area is 95.9 Å². The van der Waals surface area contributed by atoms with E-state index in [4.69, 9.17) is 44.6 Å². The molecule has 0 bridgehead atoms. The van der Waals surface area contributed by atoms with Crippen molar-refractivity contribution in [3.63, 3.8) is 0 Å². The van der Waals surface area contributed by atoms with E-state index >= 15 is 0 Å². The van der Waals surface area contributed by atoms with Gasteiger partial charge in [-0.15, -0.1) is 11.6 Å². The van der Waals surface area contributed by atoms with Crippen LogP contribution < -0.4 is 0 Å². The molecule has 0 saturated carbocycles. The fraction of sp³-hybridized carbons (Fsp3) is 0.375. The third-order valence-corrected chi connectivity index (χ3v) is 2.82. The molecule has 14 heavy (non-hydrogen) atoms. The first-order valence-electron chi connectivity index (χ1n) is 3.69. The molecule has 0 aliphatic heterocycles. The number of hydrogen-bond acceptors (Lipinski definition) is 2. The third kappa shape index (κ3) is 2.89. The second-order valence-electron chi connectivity index (χ2n) is 2.67. The number of ether oxygens (including phenoxy) is 1. The number of allylic oxidation sites excluding steroid dienone is 2. The van der Waals surface area contributed by atoms with E-state index in [-0.39, 0.29) is 0 Å². The van der Waals surface area contributed by atoms with Crippen LogP contribution in [0.4, 0.5) is 0 Å². The molecule has 6 heteroatoms. The molecule has 0 aromatic carbocycles. The van der Waals surface area contributed by atoms with E-state index in [1.54, 1.807) is 12.2 Å². The Morgan fingerprint density at radius 3 is 2.93 bits per heavy atom. The number of hydrogen-bond donors (Lipinski definition) is 1. The molecule has 0 radical (unpaired) electrons. The number of rotatable bonds is 3. The Bertz CT molecular complexity index is 300. The summed E-state index contributed by atoms with van der Waals surface area (Å²) < 4.78 is 4.94. The first-order valence-corrected chi connectivity index (χ1v) is 4.88. The normalized spacial score (nSPS) is 31.4. The predicted octanol–water partition coefficient (Wildman–Crippen LogP) is 2.32. The largest absolute Gasteiger partial charge is 0.480 e. The Kier molecular flexibility index (Phi) is 3.84. The van der Waals surface area contributed by atoms with E-state index in [1.165, 1.54) is 6.08 Å². The van der Waals surface area contributed by atoms with Crippen molar-refractivity contribution in [1.82, 2.24) is 0 Å². The van der Waals surface area contributed by atoms with Crippen LogP contribution in [0, 0.1) is 0 Å². The number of halogens is 3. The zero-order valence-electron chi connectivity index (χ0n) is 6.91. The van der Waals surface area contributed by atoms with Crippen LogP contribution in [0.3, 0.4) is 0 Å². The van der Waals surface area contributed by atoms with Gasteiger partial charge in [-0.1, -0.05) is 29.3 Å². The monoisotopic (exact) mass is 256 g/mol. The number of alkyl halides is 2. The predicted molar refractivity (Wildman–Crippen MR) is 54.9 cm³/mol.